The molecule has 3 aromatic rings. The van der Waals surface area contributed by atoms with Crippen LogP contribution in [0.2, 0.25) is 0 Å². The van der Waals surface area contributed by atoms with E-state index in [0.717, 1.165) is 79.5 Å². The molecule has 0 radical (unpaired) electrons. The van der Waals surface area contributed by atoms with Gasteiger partial charge in [0.2, 0.25) is 5.91 Å². The summed E-state index contributed by atoms with van der Waals surface area (Å²) < 4.78 is 0. The molecular formula is C30H35N3O3. The average Bonchev–Trinajstić information content (AvgIpc) is 2.88. The first kappa shape index (κ1) is 24.3. The Morgan fingerprint density at radius 3 is 2.56 bits per heavy atom. The fourth-order valence-corrected chi connectivity index (χ4v) is 5.88. The molecule has 0 unspecified atom stereocenters. The zero-order valence-electron chi connectivity index (χ0n) is 21.0. The highest BCUT2D eigenvalue weighted by atomic mass is 16.4. The van der Waals surface area contributed by atoms with Gasteiger partial charge in [0, 0.05) is 42.4 Å². The van der Waals surface area contributed by atoms with Gasteiger partial charge < -0.3 is 15.3 Å². The summed E-state index contributed by atoms with van der Waals surface area (Å²) in [5.74, 6) is 0.527. The number of hydrogen-bond acceptors (Lipinski definition) is 4. The van der Waals surface area contributed by atoms with Crippen LogP contribution in [-0.4, -0.2) is 41.1 Å². The van der Waals surface area contributed by atoms with Crippen LogP contribution in [0.4, 0.5) is 5.82 Å². The van der Waals surface area contributed by atoms with Gasteiger partial charge in [0.1, 0.15) is 5.82 Å². The fourth-order valence-electron chi connectivity index (χ4n) is 5.88. The molecule has 6 heteroatoms. The minimum Gasteiger partial charge on any atom is -0.481 e. The number of pyridine rings is 1. The maximum atomic E-state index is 13.1. The van der Waals surface area contributed by atoms with Gasteiger partial charge in [-0.05, 0) is 68.7 Å². The van der Waals surface area contributed by atoms with Crippen molar-refractivity contribution >= 4 is 28.6 Å². The topological polar surface area (TPSA) is 82.5 Å². The molecule has 2 atom stereocenters. The highest BCUT2D eigenvalue weighted by Crippen LogP contribution is 2.35. The van der Waals surface area contributed by atoms with Crippen LogP contribution in [0.1, 0.15) is 50.5 Å². The number of rotatable bonds is 6. The lowest BCUT2D eigenvalue weighted by atomic mass is 9.83. The minimum absolute atomic E-state index is 0.00983. The zero-order chi connectivity index (χ0) is 25.1. The van der Waals surface area contributed by atoms with E-state index in [1.54, 1.807) is 0 Å². The van der Waals surface area contributed by atoms with Gasteiger partial charge >= 0.3 is 5.97 Å². The number of nitrogens with zero attached hydrogens (tertiary/aromatic N) is 2. The van der Waals surface area contributed by atoms with Crippen LogP contribution in [-0.2, 0) is 9.59 Å². The van der Waals surface area contributed by atoms with E-state index in [9.17, 15) is 9.59 Å². The summed E-state index contributed by atoms with van der Waals surface area (Å²) in [5.41, 5.74) is 4.48. The maximum Gasteiger partial charge on any atom is 0.303 e. The van der Waals surface area contributed by atoms with E-state index in [1.165, 1.54) is 5.56 Å². The molecule has 2 aliphatic rings. The number of nitrogens with one attached hydrogen (secondary N) is 1. The largest absolute Gasteiger partial charge is 0.481 e. The van der Waals surface area contributed by atoms with Crippen molar-refractivity contribution in [3.05, 3.63) is 60.2 Å². The molecule has 0 spiro atoms. The average molecular weight is 486 g/mol. The third kappa shape index (κ3) is 5.53. The highest BCUT2D eigenvalue weighted by Gasteiger charge is 2.30. The van der Waals surface area contributed by atoms with Crippen molar-refractivity contribution in [1.29, 1.82) is 0 Å². The van der Waals surface area contributed by atoms with Crippen LogP contribution < -0.4 is 10.2 Å². The summed E-state index contributed by atoms with van der Waals surface area (Å²) in [6.45, 7) is 3.67. The third-order valence-corrected chi connectivity index (χ3v) is 7.79. The maximum absolute atomic E-state index is 13.1. The number of carboxylic acids is 1. The summed E-state index contributed by atoms with van der Waals surface area (Å²) in [7, 11) is 0. The predicted octanol–water partition coefficient (Wildman–Crippen LogP) is 5.58. The normalized spacial score (nSPS) is 20.9. The number of piperidine rings is 1. The number of aromatic nitrogens is 1. The third-order valence-electron chi connectivity index (χ3n) is 7.79. The van der Waals surface area contributed by atoms with E-state index in [4.69, 9.17) is 10.1 Å². The summed E-state index contributed by atoms with van der Waals surface area (Å²) in [4.78, 5) is 31.6. The number of amides is 1. The first-order valence-corrected chi connectivity index (χ1v) is 13.2. The number of carbonyl (C=O) groups excluding carboxylic acids is 1. The number of anilines is 1. The van der Waals surface area contributed by atoms with Crippen LogP contribution in [0.25, 0.3) is 22.0 Å². The van der Waals surface area contributed by atoms with Gasteiger partial charge in [0.25, 0.3) is 0 Å². The van der Waals surface area contributed by atoms with Crippen LogP contribution >= 0.6 is 0 Å². The number of aryl methyl sites for hydroxylation is 1. The summed E-state index contributed by atoms with van der Waals surface area (Å²) in [6.07, 6.45) is 5.43. The molecule has 1 amide bonds. The Labute approximate surface area is 212 Å². The first-order chi connectivity index (χ1) is 17.5. The lowest BCUT2D eigenvalue weighted by molar-refractivity contribution is -0.138. The van der Waals surface area contributed by atoms with Crippen molar-refractivity contribution in [2.45, 2.75) is 57.9 Å². The van der Waals surface area contributed by atoms with Crippen LogP contribution in [0.5, 0.6) is 0 Å². The van der Waals surface area contributed by atoms with E-state index < -0.39 is 5.97 Å². The van der Waals surface area contributed by atoms with Crippen molar-refractivity contribution in [3.8, 4) is 11.1 Å². The lowest BCUT2D eigenvalue weighted by Gasteiger charge is -2.35. The van der Waals surface area contributed by atoms with Crippen molar-refractivity contribution in [1.82, 2.24) is 10.3 Å². The Hall–Kier alpha value is -3.41. The van der Waals surface area contributed by atoms with Gasteiger partial charge in [-0.1, -0.05) is 48.4 Å². The molecule has 1 aliphatic heterocycles. The van der Waals surface area contributed by atoms with Crippen LogP contribution in [0.3, 0.4) is 0 Å². The Morgan fingerprint density at radius 1 is 1.03 bits per heavy atom. The molecular weight excluding hydrogens is 450 g/mol. The molecule has 2 fully saturated rings. The molecule has 188 valence electrons. The van der Waals surface area contributed by atoms with Gasteiger partial charge in [-0.15, -0.1) is 0 Å². The monoisotopic (exact) mass is 485 g/mol. The smallest absolute Gasteiger partial charge is 0.303 e. The SMILES string of the molecule is Cc1ccc2nc(N3CCC(C(=O)N[C@H]4CCC[C@H](CC(=O)O)C4)CC3)c(-c3ccccc3)cc2c1. The van der Waals surface area contributed by atoms with Crippen molar-refractivity contribution in [3.63, 3.8) is 0 Å². The molecule has 1 aliphatic carbocycles. The molecule has 0 bridgehead atoms. The van der Waals surface area contributed by atoms with Crippen molar-refractivity contribution in [2.24, 2.45) is 11.8 Å². The standard InChI is InChI=1S/C30H35N3O3/c1-20-10-11-27-24(16-20)19-26(22-7-3-2-4-8-22)29(32-27)33-14-12-23(13-15-33)30(36)31-25-9-5-6-21(17-25)18-28(34)35/h2-4,7-8,10-11,16,19,21,23,25H,5-6,9,12-15,17-18H2,1H3,(H,31,36)(H,34,35)/t21-,25-/m0/s1. The second-order valence-electron chi connectivity index (χ2n) is 10.5. The predicted molar refractivity (Wildman–Crippen MR) is 143 cm³/mol. The Morgan fingerprint density at radius 2 is 1.81 bits per heavy atom. The summed E-state index contributed by atoms with van der Waals surface area (Å²) in [5, 5.41) is 13.5. The van der Waals surface area contributed by atoms with E-state index >= 15 is 0 Å². The quantitative estimate of drug-likeness (QED) is 0.477. The Kier molecular flexibility index (Phi) is 7.21. The fraction of sp³-hybridized carbons (Fsp3) is 0.433. The van der Waals surface area contributed by atoms with Crippen molar-refractivity contribution < 1.29 is 14.7 Å². The molecule has 1 aromatic heterocycles. The Balaban J connectivity index is 1.28. The molecule has 1 saturated carbocycles. The molecule has 6 nitrogen and oxygen atoms in total. The first-order valence-electron chi connectivity index (χ1n) is 13.2. The molecule has 2 aromatic carbocycles. The number of fused-ring (bicyclic) bond motifs is 1. The number of benzene rings is 2. The van der Waals surface area contributed by atoms with E-state index in [2.05, 4.69) is 65.7 Å². The number of aliphatic carboxylic acids is 1. The summed E-state index contributed by atoms with van der Waals surface area (Å²) in [6, 6.07) is 19.1. The molecule has 2 heterocycles. The van der Waals surface area contributed by atoms with Gasteiger partial charge in [0.05, 0.1) is 5.52 Å². The number of carboxylic acid groups (broad SMARTS) is 1. The summed E-state index contributed by atoms with van der Waals surface area (Å²) >= 11 is 0. The van der Waals surface area contributed by atoms with Crippen LogP contribution in [0.15, 0.2) is 54.6 Å². The van der Waals surface area contributed by atoms with Crippen LogP contribution in [0, 0.1) is 18.8 Å². The van der Waals surface area contributed by atoms with E-state index in [0.29, 0.717) is 0 Å². The van der Waals surface area contributed by atoms with Gasteiger partial charge in [-0.25, -0.2) is 4.98 Å². The Bertz CT molecular complexity index is 1230. The second kappa shape index (κ2) is 10.7. The van der Waals surface area contributed by atoms with Gasteiger partial charge in [-0.3, -0.25) is 9.59 Å². The molecule has 36 heavy (non-hydrogen) atoms. The zero-order valence-corrected chi connectivity index (χ0v) is 21.0. The lowest BCUT2D eigenvalue weighted by Crippen LogP contribution is -2.45. The second-order valence-corrected chi connectivity index (χ2v) is 10.5. The van der Waals surface area contributed by atoms with Gasteiger partial charge in [-0.2, -0.15) is 0 Å². The molecule has 1 saturated heterocycles. The highest BCUT2D eigenvalue weighted by molar-refractivity contribution is 5.90. The number of carbonyl (C=O) groups is 2. The minimum atomic E-state index is -0.744. The molecule has 5 rings (SSSR count). The van der Waals surface area contributed by atoms with E-state index in [-0.39, 0.29) is 30.2 Å². The van der Waals surface area contributed by atoms with Crippen molar-refractivity contribution in [2.75, 3.05) is 18.0 Å². The number of hydrogen-bond donors (Lipinski definition) is 2. The van der Waals surface area contributed by atoms with E-state index in [1.807, 2.05) is 6.07 Å². The molecule has 2 N–H and O–H groups in total. The van der Waals surface area contributed by atoms with Gasteiger partial charge in [0.15, 0.2) is 0 Å².